The maximum Gasteiger partial charge on any atom is 0.119 e. The average Bonchev–Trinajstić information content (AvgIpc) is 2.44. The molecular weight excluding hydrogens is 238 g/mol. The van der Waals surface area contributed by atoms with Gasteiger partial charge in [0.2, 0.25) is 0 Å². The minimum atomic E-state index is 0.686. The maximum absolute atomic E-state index is 5.41. The third kappa shape index (κ3) is 3.91. The van der Waals surface area contributed by atoms with E-state index in [4.69, 9.17) is 9.47 Å². The summed E-state index contributed by atoms with van der Waals surface area (Å²) in [6, 6.07) is 15.8. The molecule has 0 aromatic heterocycles. The molecule has 0 saturated heterocycles. The van der Waals surface area contributed by atoms with Gasteiger partial charge < -0.3 is 14.8 Å². The molecule has 0 spiro atoms. The molecule has 0 aliphatic rings. The van der Waals surface area contributed by atoms with Gasteiger partial charge in [-0.1, -0.05) is 0 Å². The van der Waals surface area contributed by atoms with Gasteiger partial charge in [0, 0.05) is 11.4 Å². The molecular formula is C16H19NO2. The SMILES string of the molecule is CCOc1ccc(Nc2ccc(OCC)cc2)cc1. The van der Waals surface area contributed by atoms with Gasteiger partial charge in [-0.05, 0) is 62.4 Å². The van der Waals surface area contributed by atoms with Crippen LogP contribution in [0.3, 0.4) is 0 Å². The molecule has 2 rings (SSSR count). The molecule has 0 aliphatic carbocycles. The lowest BCUT2D eigenvalue weighted by Gasteiger charge is -2.09. The lowest BCUT2D eigenvalue weighted by Crippen LogP contribution is -1.94. The van der Waals surface area contributed by atoms with Crippen molar-refractivity contribution in [3.63, 3.8) is 0 Å². The van der Waals surface area contributed by atoms with Crippen molar-refractivity contribution in [2.45, 2.75) is 13.8 Å². The Morgan fingerprint density at radius 1 is 0.684 bits per heavy atom. The Morgan fingerprint density at radius 2 is 1.05 bits per heavy atom. The van der Waals surface area contributed by atoms with Crippen LogP contribution in [0.4, 0.5) is 11.4 Å². The van der Waals surface area contributed by atoms with E-state index in [0.717, 1.165) is 22.9 Å². The largest absolute Gasteiger partial charge is 0.494 e. The standard InChI is InChI=1S/C16H19NO2/c1-3-18-15-9-5-13(6-10-15)17-14-7-11-16(12-8-14)19-4-2/h5-12,17H,3-4H2,1-2H3. The molecule has 2 aromatic carbocycles. The first kappa shape index (κ1) is 13.3. The molecule has 0 atom stereocenters. The molecule has 0 heterocycles. The van der Waals surface area contributed by atoms with Gasteiger partial charge >= 0.3 is 0 Å². The minimum Gasteiger partial charge on any atom is -0.494 e. The van der Waals surface area contributed by atoms with Gasteiger partial charge in [-0.25, -0.2) is 0 Å². The summed E-state index contributed by atoms with van der Waals surface area (Å²) < 4.78 is 10.8. The summed E-state index contributed by atoms with van der Waals surface area (Å²) >= 11 is 0. The highest BCUT2D eigenvalue weighted by molar-refractivity contribution is 5.60. The number of ether oxygens (including phenoxy) is 2. The van der Waals surface area contributed by atoms with E-state index in [1.807, 2.05) is 62.4 Å². The van der Waals surface area contributed by atoms with E-state index in [9.17, 15) is 0 Å². The zero-order valence-electron chi connectivity index (χ0n) is 11.3. The fraction of sp³-hybridized carbons (Fsp3) is 0.250. The number of hydrogen-bond acceptors (Lipinski definition) is 3. The third-order valence-corrected chi connectivity index (χ3v) is 2.62. The monoisotopic (exact) mass is 257 g/mol. The molecule has 0 saturated carbocycles. The Morgan fingerprint density at radius 3 is 1.37 bits per heavy atom. The predicted octanol–water partition coefficient (Wildman–Crippen LogP) is 4.23. The van der Waals surface area contributed by atoms with Crippen molar-refractivity contribution >= 4 is 11.4 Å². The fourth-order valence-corrected chi connectivity index (χ4v) is 1.77. The van der Waals surface area contributed by atoms with Crippen molar-refractivity contribution < 1.29 is 9.47 Å². The first-order valence-electron chi connectivity index (χ1n) is 6.54. The molecule has 2 aromatic rings. The Hall–Kier alpha value is -2.16. The summed E-state index contributed by atoms with van der Waals surface area (Å²) in [6.07, 6.45) is 0. The van der Waals surface area contributed by atoms with Gasteiger partial charge in [0.25, 0.3) is 0 Å². The Labute approximate surface area is 114 Å². The van der Waals surface area contributed by atoms with Gasteiger partial charge in [0.05, 0.1) is 13.2 Å². The molecule has 0 radical (unpaired) electrons. The normalized spacial score (nSPS) is 10.0. The van der Waals surface area contributed by atoms with Crippen molar-refractivity contribution in [1.29, 1.82) is 0 Å². The van der Waals surface area contributed by atoms with E-state index >= 15 is 0 Å². The second-order valence-electron chi connectivity index (χ2n) is 4.04. The van der Waals surface area contributed by atoms with Gasteiger partial charge in [0.1, 0.15) is 11.5 Å². The van der Waals surface area contributed by atoms with Gasteiger partial charge in [-0.3, -0.25) is 0 Å². The van der Waals surface area contributed by atoms with Crippen molar-refractivity contribution in [3.8, 4) is 11.5 Å². The van der Waals surface area contributed by atoms with Gasteiger partial charge in [-0.2, -0.15) is 0 Å². The van der Waals surface area contributed by atoms with E-state index in [2.05, 4.69) is 5.32 Å². The molecule has 0 unspecified atom stereocenters. The molecule has 0 fully saturated rings. The van der Waals surface area contributed by atoms with Crippen LogP contribution in [0.15, 0.2) is 48.5 Å². The Bertz CT molecular complexity index is 444. The van der Waals surface area contributed by atoms with Crippen LogP contribution >= 0.6 is 0 Å². The lowest BCUT2D eigenvalue weighted by molar-refractivity contribution is 0.340. The van der Waals surface area contributed by atoms with Crippen LogP contribution in [0.1, 0.15) is 13.8 Å². The zero-order valence-corrected chi connectivity index (χ0v) is 11.3. The van der Waals surface area contributed by atoms with Gasteiger partial charge in [0.15, 0.2) is 0 Å². The first-order valence-corrected chi connectivity index (χ1v) is 6.54. The number of hydrogen-bond donors (Lipinski definition) is 1. The highest BCUT2D eigenvalue weighted by Gasteiger charge is 1.97. The van der Waals surface area contributed by atoms with Crippen LogP contribution in [0.2, 0.25) is 0 Å². The predicted molar refractivity (Wildman–Crippen MR) is 78.5 cm³/mol. The zero-order chi connectivity index (χ0) is 13.5. The van der Waals surface area contributed by atoms with Crippen LogP contribution in [-0.2, 0) is 0 Å². The third-order valence-electron chi connectivity index (χ3n) is 2.62. The summed E-state index contributed by atoms with van der Waals surface area (Å²) in [7, 11) is 0. The van der Waals surface area contributed by atoms with Crippen molar-refractivity contribution in [2.75, 3.05) is 18.5 Å². The van der Waals surface area contributed by atoms with Crippen molar-refractivity contribution in [2.24, 2.45) is 0 Å². The first-order chi connectivity index (χ1) is 9.31. The Balaban J connectivity index is 1.99. The van der Waals surface area contributed by atoms with Crippen molar-refractivity contribution in [3.05, 3.63) is 48.5 Å². The number of anilines is 2. The van der Waals surface area contributed by atoms with Crippen LogP contribution in [0, 0.1) is 0 Å². The number of benzene rings is 2. The lowest BCUT2D eigenvalue weighted by atomic mass is 10.2. The molecule has 1 N–H and O–H groups in total. The maximum atomic E-state index is 5.41. The topological polar surface area (TPSA) is 30.5 Å². The van der Waals surface area contributed by atoms with Crippen LogP contribution < -0.4 is 14.8 Å². The molecule has 3 heteroatoms. The summed E-state index contributed by atoms with van der Waals surface area (Å²) in [5.41, 5.74) is 2.07. The summed E-state index contributed by atoms with van der Waals surface area (Å²) in [6.45, 7) is 5.33. The number of rotatable bonds is 6. The minimum absolute atomic E-state index is 0.686. The van der Waals surface area contributed by atoms with E-state index in [0.29, 0.717) is 13.2 Å². The molecule has 3 nitrogen and oxygen atoms in total. The van der Waals surface area contributed by atoms with Crippen LogP contribution in [0.25, 0.3) is 0 Å². The second-order valence-corrected chi connectivity index (χ2v) is 4.04. The van der Waals surface area contributed by atoms with E-state index in [1.165, 1.54) is 0 Å². The second kappa shape index (κ2) is 6.69. The van der Waals surface area contributed by atoms with Crippen LogP contribution in [-0.4, -0.2) is 13.2 Å². The molecule has 0 bridgehead atoms. The van der Waals surface area contributed by atoms with Crippen molar-refractivity contribution in [1.82, 2.24) is 0 Å². The summed E-state index contributed by atoms with van der Waals surface area (Å²) in [5.74, 6) is 1.78. The van der Waals surface area contributed by atoms with E-state index in [-0.39, 0.29) is 0 Å². The van der Waals surface area contributed by atoms with E-state index in [1.54, 1.807) is 0 Å². The molecule has 100 valence electrons. The summed E-state index contributed by atoms with van der Waals surface area (Å²) in [5, 5.41) is 3.33. The highest BCUT2D eigenvalue weighted by atomic mass is 16.5. The molecule has 0 aliphatic heterocycles. The highest BCUT2D eigenvalue weighted by Crippen LogP contribution is 2.22. The summed E-state index contributed by atoms with van der Waals surface area (Å²) in [4.78, 5) is 0. The van der Waals surface area contributed by atoms with Gasteiger partial charge in [-0.15, -0.1) is 0 Å². The molecule has 19 heavy (non-hydrogen) atoms. The quantitative estimate of drug-likeness (QED) is 0.840. The molecule has 0 amide bonds. The van der Waals surface area contributed by atoms with Crippen LogP contribution in [0.5, 0.6) is 11.5 Å². The van der Waals surface area contributed by atoms with E-state index < -0.39 is 0 Å². The Kier molecular flexibility index (Phi) is 4.67. The smallest absolute Gasteiger partial charge is 0.119 e. The number of nitrogens with one attached hydrogen (secondary N) is 1. The average molecular weight is 257 g/mol. The fourth-order valence-electron chi connectivity index (χ4n) is 1.77.